The molecular formula is C18H33N3O. The zero-order valence-electron chi connectivity index (χ0n) is 14.5. The zero-order valence-corrected chi connectivity index (χ0v) is 14.5. The Bertz CT molecular complexity index is 381. The van der Waals surface area contributed by atoms with Crippen LogP contribution in [0.4, 0.5) is 0 Å². The molecule has 22 heavy (non-hydrogen) atoms. The van der Waals surface area contributed by atoms with E-state index in [1.807, 2.05) is 4.90 Å². The van der Waals surface area contributed by atoms with Crippen molar-refractivity contribution >= 4 is 5.91 Å². The summed E-state index contributed by atoms with van der Waals surface area (Å²) >= 11 is 0. The van der Waals surface area contributed by atoms with Crippen molar-refractivity contribution in [1.82, 2.24) is 14.7 Å². The minimum absolute atomic E-state index is 0.240. The van der Waals surface area contributed by atoms with Crippen LogP contribution >= 0.6 is 0 Å². The van der Waals surface area contributed by atoms with Gasteiger partial charge < -0.3 is 9.80 Å². The minimum atomic E-state index is 0.240. The van der Waals surface area contributed by atoms with Gasteiger partial charge in [-0.1, -0.05) is 19.8 Å². The summed E-state index contributed by atoms with van der Waals surface area (Å²) < 4.78 is 0. The van der Waals surface area contributed by atoms with Crippen LogP contribution in [0.25, 0.3) is 0 Å². The molecule has 3 aliphatic rings. The molecule has 1 amide bonds. The summed E-state index contributed by atoms with van der Waals surface area (Å²) in [5.41, 5.74) is 0. The van der Waals surface area contributed by atoms with E-state index in [-0.39, 0.29) is 5.91 Å². The number of hydrogen-bond acceptors (Lipinski definition) is 3. The standard InChI is InChI=1S/C18H33N3O/c1-15-12-19(13-17-6-3-4-7-17)14-18(15)21-9-5-8-20(10-11-21)16(2)22/h15,17-18H,3-14H2,1-2H3/t15-,18-/m1/s1. The summed E-state index contributed by atoms with van der Waals surface area (Å²) in [4.78, 5) is 19.0. The van der Waals surface area contributed by atoms with Crippen molar-refractivity contribution in [3.63, 3.8) is 0 Å². The lowest BCUT2D eigenvalue weighted by Crippen LogP contribution is -2.43. The second-order valence-corrected chi connectivity index (χ2v) is 7.81. The van der Waals surface area contributed by atoms with Crippen LogP contribution in [0.5, 0.6) is 0 Å². The molecule has 0 aromatic carbocycles. The van der Waals surface area contributed by atoms with Gasteiger partial charge in [0.05, 0.1) is 0 Å². The van der Waals surface area contributed by atoms with Crippen molar-refractivity contribution in [3.05, 3.63) is 0 Å². The molecule has 126 valence electrons. The SMILES string of the molecule is CC(=O)N1CCCN([C@@H]2CN(CC3CCCC3)C[C@H]2C)CC1. The number of nitrogens with zero attached hydrogens (tertiary/aromatic N) is 3. The fourth-order valence-corrected chi connectivity index (χ4v) is 4.81. The van der Waals surface area contributed by atoms with E-state index in [2.05, 4.69) is 16.7 Å². The van der Waals surface area contributed by atoms with Crippen LogP contribution in [0.15, 0.2) is 0 Å². The lowest BCUT2D eigenvalue weighted by molar-refractivity contribution is -0.128. The van der Waals surface area contributed by atoms with Gasteiger partial charge in [0.15, 0.2) is 0 Å². The van der Waals surface area contributed by atoms with E-state index in [9.17, 15) is 4.79 Å². The second kappa shape index (κ2) is 7.31. The van der Waals surface area contributed by atoms with E-state index < -0.39 is 0 Å². The molecule has 0 spiro atoms. The van der Waals surface area contributed by atoms with Crippen molar-refractivity contribution in [2.75, 3.05) is 45.8 Å². The Labute approximate surface area is 135 Å². The van der Waals surface area contributed by atoms with Crippen molar-refractivity contribution in [2.24, 2.45) is 11.8 Å². The first kappa shape index (κ1) is 16.3. The van der Waals surface area contributed by atoms with Gasteiger partial charge in [0.1, 0.15) is 0 Å². The van der Waals surface area contributed by atoms with Crippen LogP contribution in [-0.2, 0) is 4.79 Å². The van der Waals surface area contributed by atoms with E-state index in [1.165, 1.54) is 45.3 Å². The summed E-state index contributed by atoms with van der Waals surface area (Å²) in [5, 5.41) is 0. The normalized spacial score (nSPS) is 32.5. The number of carbonyl (C=O) groups is 1. The van der Waals surface area contributed by atoms with Gasteiger partial charge in [-0.2, -0.15) is 0 Å². The van der Waals surface area contributed by atoms with Gasteiger partial charge in [-0.25, -0.2) is 0 Å². The monoisotopic (exact) mass is 307 g/mol. The maximum atomic E-state index is 11.6. The molecule has 0 bridgehead atoms. The maximum Gasteiger partial charge on any atom is 0.219 e. The molecule has 0 radical (unpaired) electrons. The van der Waals surface area contributed by atoms with Gasteiger partial charge in [0, 0.05) is 58.8 Å². The van der Waals surface area contributed by atoms with E-state index >= 15 is 0 Å². The van der Waals surface area contributed by atoms with E-state index in [0.29, 0.717) is 6.04 Å². The summed E-state index contributed by atoms with van der Waals surface area (Å²) in [6.07, 6.45) is 6.93. The summed E-state index contributed by atoms with van der Waals surface area (Å²) in [6.45, 7) is 12.1. The van der Waals surface area contributed by atoms with Crippen LogP contribution in [0.1, 0.15) is 46.0 Å². The molecule has 3 fully saturated rings. The molecule has 0 N–H and O–H groups in total. The van der Waals surface area contributed by atoms with Crippen molar-refractivity contribution < 1.29 is 4.79 Å². The summed E-state index contributed by atoms with van der Waals surface area (Å²) in [5.74, 6) is 1.97. The van der Waals surface area contributed by atoms with Gasteiger partial charge in [-0.15, -0.1) is 0 Å². The molecule has 0 aromatic rings. The lowest BCUT2D eigenvalue weighted by Gasteiger charge is -2.30. The Morgan fingerprint density at radius 1 is 1.00 bits per heavy atom. The van der Waals surface area contributed by atoms with Gasteiger partial charge in [0.25, 0.3) is 0 Å². The molecule has 2 aliphatic heterocycles. The molecule has 3 rings (SSSR count). The van der Waals surface area contributed by atoms with Gasteiger partial charge in [-0.3, -0.25) is 9.69 Å². The largest absolute Gasteiger partial charge is 0.342 e. The third kappa shape index (κ3) is 3.83. The Kier molecular flexibility index (Phi) is 5.40. The number of hydrogen-bond donors (Lipinski definition) is 0. The topological polar surface area (TPSA) is 26.8 Å². The van der Waals surface area contributed by atoms with Gasteiger partial charge in [-0.05, 0) is 31.1 Å². The smallest absolute Gasteiger partial charge is 0.219 e. The van der Waals surface area contributed by atoms with Gasteiger partial charge in [0.2, 0.25) is 5.91 Å². The molecule has 2 saturated heterocycles. The average Bonchev–Trinajstić information content (AvgIpc) is 3.03. The third-order valence-electron chi connectivity index (χ3n) is 6.08. The average molecular weight is 307 g/mol. The zero-order chi connectivity index (χ0) is 15.5. The predicted octanol–water partition coefficient (Wildman–Crippen LogP) is 2.05. The van der Waals surface area contributed by atoms with Crippen LogP contribution in [-0.4, -0.2) is 72.5 Å². The molecule has 4 heteroatoms. The highest BCUT2D eigenvalue weighted by Crippen LogP contribution is 2.29. The highest BCUT2D eigenvalue weighted by Gasteiger charge is 2.35. The number of rotatable bonds is 3. The fourth-order valence-electron chi connectivity index (χ4n) is 4.81. The fraction of sp³-hybridized carbons (Fsp3) is 0.944. The molecule has 2 atom stereocenters. The minimum Gasteiger partial charge on any atom is -0.342 e. The van der Waals surface area contributed by atoms with Crippen LogP contribution < -0.4 is 0 Å². The number of carbonyl (C=O) groups excluding carboxylic acids is 1. The molecule has 4 nitrogen and oxygen atoms in total. The quantitative estimate of drug-likeness (QED) is 0.798. The number of likely N-dealkylation sites (tertiary alicyclic amines) is 1. The van der Waals surface area contributed by atoms with Crippen molar-refractivity contribution in [3.8, 4) is 0 Å². The van der Waals surface area contributed by atoms with Crippen molar-refractivity contribution in [1.29, 1.82) is 0 Å². The highest BCUT2D eigenvalue weighted by molar-refractivity contribution is 5.73. The Morgan fingerprint density at radius 2 is 1.77 bits per heavy atom. The first-order chi connectivity index (χ1) is 10.6. The molecule has 2 heterocycles. The Morgan fingerprint density at radius 3 is 2.50 bits per heavy atom. The van der Waals surface area contributed by atoms with E-state index in [0.717, 1.165) is 44.4 Å². The van der Waals surface area contributed by atoms with Crippen LogP contribution in [0.2, 0.25) is 0 Å². The maximum absolute atomic E-state index is 11.6. The van der Waals surface area contributed by atoms with Crippen LogP contribution in [0, 0.1) is 11.8 Å². The molecule has 1 aliphatic carbocycles. The highest BCUT2D eigenvalue weighted by atomic mass is 16.2. The molecule has 1 saturated carbocycles. The van der Waals surface area contributed by atoms with E-state index in [4.69, 9.17) is 0 Å². The third-order valence-corrected chi connectivity index (χ3v) is 6.08. The summed E-state index contributed by atoms with van der Waals surface area (Å²) in [6, 6.07) is 0.702. The first-order valence-corrected chi connectivity index (χ1v) is 9.35. The molecule has 0 aromatic heterocycles. The Hall–Kier alpha value is -0.610. The van der Waals surface area contributed by atoms with Crippen molar-refractivity contribution in [2.45, 2.75) is 52.0 Å². The van der Waals surface area contributed by atoms with E-state index in [1.54, 1.807) is 6.92 Å². The predicted molar refractivity (Wildman–Crippen MR) is 89.8 cm³/mol. The lowest BCUT2D eigenvalue weighted by atomic mass is 10.0. The number of amides is 1. The first-order valence-electron chi connectivity index (χ1n) is 9.35. The molecular weight excluding hydrogens is 274 g/mol. The summed E-state index contributed by atoms with van der Waals surface area (Å²) in [7, 11) is 0. The van der Waals surface area contributed by atoms with Gasteiger partial charge >= 0.3 is 0 Å². The second-order valence-electron chi connectivity index (χ2n) is 7.81. The molecule has 0 unspecified atom stereocenters. The Balaban J connectivity index is 1.52. The van der Waals surface area contributed by atoms with Crippen LogP contribution in [0.3, 0.4) is 0 Å².